The molecule has 0 fully saturated rings. The van der Waals surface area contributed by atoms with Gasteiger partial charge in [0.25, 0.3) is 5.91 Å². The molecule has 2 aromatic heterocycles. The van der Waals surface area contributed by atoms with Crippen LogP contribution in [0.2, 0.25) is 5.02 Å². The van der Waals surface area contributed by atoms with Crippen LogP contribution in [0.3, 0.4) is 0 Å². The van der Waals surface area contributed by atoms with E-state index in [0.29, 0.717) is 29.4 Å². The number of carbonyl (C=O) groups excluding carboxylic acids is 1. The summed E-state index contributed by atoms with van der Waals surface area (Å²) in [6.45, 7) is 4.29. The molecule has 1 unspecified atom stereocenters. The van der Waals surface area contributed by atoms with Gasteiger partial charge in [-0.2, -0.15) is 4.68 Å². The summed E-state index contributed by atoms with van der Waals surface area (Å²) in [6, 6.07) is 5.49. The van der Waals surface area contributed by atoms with Crippen molar-refractivity contribution in [3.05, 3.63) is 64.3 Å². The summed E-state index contributed by atoms with van der Waals surface area (Å²) in [5.74, 6) is 0.529. The minimum absolute atomic E-state index is 0.0134. The fourth-order valence-electron chi connectivity index (χ4n) is 3.19. The zero-order chi connectivity index (χ0) is 18.3. The van der Waals surface area contributed by atoms with Gasteiger partial charge in [-0.1, -0.05) is 28.9 Å². The van der Waals surface area contributed by atoms with Crippen molar-refractivity contribution in [1.82, 2.24) is 29.9 Å². The minimum Gasteiger partial charge on any atom is -0.329 e. The van der Waals surface area contributed by atoms with Crippen LogP contribution in [0.15, 0.2) is 36.8 Å². The van der Waals surface area contributed by atoms with E-state index in [1.165, 1.54) is 0 Å². The van der Waals surface area contributed by atoms with E-state index in [1.54, 1.807) is 34.2 Å². The predicted molar refractivity (Wildman–Crippen MR) is 96.2 cm³/mol. The van der Waals surface area contributed by atoms with E-state index >= 15 is 0 Å². The normalized spacial score (nSPS) is 16.4. The molecule has 0 bridgehead atoms. The van der Waals surface area contributed by atoms with E-state index in [1.807, 2.05) is 26.0 Å². The van der Waals surface area contributed by atoms with Crippen molar-refractivity contribution in [1.29, 1.82) is 0 Å². The monoisotopic (exact) mass is 368 g/mol. The van der Waals surface area contributed by atoms with Gasteiger partial charge in [0, 0.05) is 24.9 Å². The Morgan fingerprint density at radius 1 is 1.31 bits per heavy atom. The molecule has 0 aliphatic carbocycles. The fourth-order valence-corrected chi connectivity index (χ4v) is 3.40. The molecule has 0 N–H and O–H groups in total. The molecule has 4 rings (SSSR count). The average Bonchev–Trinajstić information content (AvgIpc) is 3.06. The van der Waals surface area contributed by atoms with Gasteiger partial charge in [-0.25, -0.2) is 4.98 Å². The number of fused-ring (bicyclic) bond motifs is 1. The molecule has 0 saturated carbocycles. The number of carbonyl (C=O) groups is 1. The van der Waals surface area contributed by atoms with Crippen LogP contribution >= 0.6 is 11.6 Å². The largest absolute Gasteiger partial charge is 0.329 e. The van der Waals surface area contributed by atoms with Crippen LogP contribution in [0.4, 0.5) is 0 Å². The van der Waals surface area contributed by atoms with Crippen LogP contribution in [0.25, 0.3) is 5.82 Å². The van der Waals surface area contributed by atoms with Crippen molar-refractivity contribution in [3.63, 3.8) is 0 Å². The van der Waals surface area contributed by atoms with Crippen LogP contribution in [-0.2, 0) is 13.0 Å². The molecule has 1 aliphatic rings. The third kappa shape index (κ3) is 2.74. The van der Waals surface area contributed by atoms with Gasteiger partial charge >= 0.3 is 0 Å². The second-order valence-electron chi connectivity index (χ2n) is 6.38. The summed E-state index contributed by atoms with van der Waals surface area (Å²) in [5, 5.41) is 8.95. The molecule has 0 radical (unpaired) electrons. The Morgan fingerprint density at radius 2 is 2.15 bits per heavy atom. The first kappa shape index (κ1) is 16.7. The molecule has 1 atom stereocenters. The van der Waals surface area contributed by atoms with E-state index in [2.05, 4.69) is 20.3 Å². The molecule has 0 spiro atoms. The maximum atomic E-state index is 13.0. The third-order valence-corrected chi connectivity index (χ3v) is 5.14. The quantitative estimate of drug-likeness (QED) is 0.694. The summed E-state index contributed by atoms with van der Waals surface area (Å²) < 4.78 is 1.69. The zero-order valence-electron chi connectivity index (χ0n) is 14.4. The van der Waals surface area contributed by atoms with Gasteiger partial charge in [0.2, 0.25) is 0 Å². The number of halogens is 1. The smallest absolute Gasteiger partial charge is 0.255 e. The van der Waals surface area contributed by atoms with Crippen LogP contribution in [-0.4, -0.2) is 41.8 Å². The third-order valence-electron chi connectivity index (χ3n) is 4.63. The highest BCUT2D eigenvalue weighted by Crippen LogP contribution is 2.28. The van der Waals surface area contributed by atoms with Crippen LogP contribution < -0.4 is 0 Å². The van der Waals surface area contributed by atoms with E-state index < -0.39 is 0 Å². The van der Waals surface area contributed by atoms with E-state index in [9.17, 15) is 4.79 Å². The molecule has 8 heteroatoms. The SMILES string of the molecule is Cc1cccc(C(=O)N2Cc3nnn(-c4cnccn4)c3CC2C)c1Cl. The molecule has 1 aromatic carbocycles. The Labute approximate surface area is 155 Å². The summed E-state index contributed by atoms with van der Waals surface area (Å²) in [4.78, 5) is 23.2. The number of rotatable bonds is 2. The number of nitrogens with zero attached hydrogens (tertiary/aromatic N) is 6. The number of aryl methyl sites for hydroxylation is 1. The number of amides is 1. The molecular weight excluding hydrogens is 352 g/mol. The standard InChI is InChI=1S/C18H17ClN6O/c1-11-4-3-5-13(17(11)19)18(26)24-10-14-15(8-12(24)2)25(23-22-14)16-9-20-6-7-21-16/h3-7,9,12H,8,10H2,1-2H3. The van der Waals surface area contributed by atoms with Crippen LogP contribution in [0, 0.1) is 6.92 Å². The number of hydrogen-bond acceptors (Lipinski definition) is 5. The molecule has 1 amide bonds. The maximum Gasteiger partial charge on any atom is 0.255 e. The number of aromatic nitrogens is 5. The first-order valence-corrected chi connectivity index (χ1v) is 8.70. The van der Waals surface area contributed by atoms with Crippen molar-refractivity contribution in [2.75, 3.05) is 0 Å². The summed E-state index contributed by atoms with van der Waals surface area (Å²) in [6.07, 6.45) is 5.50. The Balaban J connectivity index is 1.66. The number of benzene rings is 1. The lowest BCUT2D eigenvalue weighted by Gasteiger charge is -2.33. The van der Waals surface area contributed by atoms with Crippen molar-refractivity contribution >= 4 is 17.5 Å². The minimum atomic E-state index is -0.0918. The van der Waals surface area contributed by atoms with Gasteiger partial charge in [0.15, 0.2) is 5.82 Å². The van der Waals surface area contributed by atoms with Crippen molar-refractivity contribution in [3.8, 4) is 5.82 Å². The van der Waals surface area contributed by atoms with Crippen molar-refractivity contribution in [2.45, 2.75) is 32.9 Å². The number of hydrogen-bond donors (Lipinski definition) is 0. The summed E-state index contributed by atoms with van der Waals surface area (Å²) >= 11 is 6.34. The predicted octanol–water partition coefficient (Wildman–Crippen LogP) is 2.61. The lowest BCUT2D eigenvalue weighted by Crippen LogP contribution is -2.43. The Morgan fingerprint density at radius 3 is 2.92 bits per heavy atom. The van der Waals surface area contributed by atoms with Gasteiger partial charge in [-0.15, -0.1) is 5.10 Å². The Bertz CT molecular complexity index is 971. The summed E-state index contributed by atoms with van der Waals surface area (Å²) in [7, 11) is 0. The first-order valence-electron chi connectivity index (χ1n) is 8.32. The molecule has 132 valence electrons. The highest BCUT2D eigenvalue weighted by Gasteiger charge is 2.32. The zero-order valence-corrected chi connectivity index (χ0v) is 15.2. The fraction of sp³-hybridized carbons (Fsp3) is 0.278. The lowest BCUT2D eigenvalue weighted by atomic mass is 10.0. The lowest BCUT2D eigenvalue weighted by molar-refractivity contribution is 0.0653. The highest BCUT2D eigenvalue weighted by molar-refractivity contribution is 6.34. The van der Waals surface area contributed by atoms with Crippen molar-refractivity contribution in [2.24, 2.45) is 0 Å². The molecule has 0 saturated heterocycles. The topological polar surface area (TPSA) is 76.8 Å². The second-order valence-corrected chi connectivity index (χ2v) is 6.76. The first-order chi connectivity index (χ1) is 12.6. The Kier molecular flexibility index (Phi) is 4.16. The molecule has 7 nitrogen and oxygen atoms in total. The van der Waals surface area contributed by atoms with Gasteiger partial charge in [-0.3, -0.25) is 9.78 Å². The van der Waals surface area contributed by atoms with Gasteiger partial charge < -0.3 is 4.90 Å². The molecule has 3 aromatic rings. The highest BCUT2D eigenvalue weighted by atomic mass is 35.5. The van der Waals surface area contributed by atoms with E-state index in [4.69, 9.17) is 11.6 Å². The van der Waals surface area contributed by atoms with Crippen LogP contribution in [0.1, 0.15) is 34.2 Å². The average molecular weight is 369 g/mol. The van der Waals surface area contributed by atoms with E-state index in [-0.39, 0.29) is 11.9 Å². The second kappa shape index (κ2) is 6.49. The molecule has 1 aliphatic heterocycles. The Hall–Kier alpha value is -2.80. The van der Waals surface area contributed by atoms with Crippen molar-refractivity contribution < 1.29 is 4.79 Å². The summed E-state index contributed by atoms with van der Waals surface area (Å²) in [5.41, 5.74) is 3.13. The van der Waals surface area contributed by atoms with E-state index in [0.717, 1.165) is 17.0 Å². The van der Waals surface area contributed by atoms with Gasteiger partial charge in [0.05, 0.1) is 29.0 Å². The van der Waals surface area contributed by atoms with Gasteiger partial charge in [-0.05, 0) is 25.5 Å². The molecule has 3 heterocycles. The molecular formula is C18H17ClN6O. The maximum absolute atomic E-state index is 13.0. The van der Waals surface area contributed by atoms with Gasteiger partial charge in [0.1, 0.15) is 5.69 Å². The van der Waals surface area contributed by atoms with Crippen LogP contribution in [0.5, 0.6) is 0 Å². The molecule has 26 heavy (non-hydrogen) atoms.